The SMILES string of the molecule is O=C(O)C[C@H](NC(=O)c1cc(=O)c2cccc(O)c2[nH]1)C(=O)NCCc1ccc(O)c(O)c1. The molecule has 0 radical (unpaired) electrons. The molecular weight excluding hydrogens is 434 g/mol. The molecule has 11 heteroatoms. The molecular formula is C22H21N3O8. The fourth-order valence-corrected chi connectivity index (χ4v) is 3.18. The van der Waals surface area contributed by atoms with Crippen molar-refractivity contribution in [1.82, 2.24) is 15.6 Å². The molecule has 0 aliphatic carbocycles. The monoisotopic (exact) mass is 455 g/mol. The molecule has 2 aromatic carbocycles. The molecule has 0 bridgehead atoms. The Morgan fingerprint density at radius 2 is 1.73 bits per heavy atom. The van der Waals surface area contributed by atoms with E-state index in [-0.39, 0.29) is 46.8 Å². The van der Waals surface area contributed by atoms with E-state index in [1.165, 1.54) is 30.3 Å². The number of rotatable bonds is 8. The van der Waals surface area contributed by atoms with E-state index in [2.05, 4.69) is 15.6 Å². The maximum absolute atomic E-state index is 12.6. The van der Waals surface area contributed by atoms with Gasteiger partial charge in [0.15, 0.2) is 16.9 Å². The molecule has 33 heavy (non-hydrogen) atoms. The number of phenols is 3. The predicted octanol–water partition coefficient (Wildman–Crippen LogP) is 0.577. The number of carboxylic acids is 1. The summed E-state index contributed by atoms with van der Waals surface area (Å²) in [6, 6.07) is 7.98. The van der Waals surface area contributed by atoms with Crippen LogP contribution in [0.25, 0.3) is 10.9 Å². The van der Waals surface area contributed by atoms with Crippen molar-refractivity contribution in [2.24, 2.45) is 0 Å². The van der Waals surface area contributed by atoms with Gasteiger partial charge in [0.25, 0.3) is 5.91 Å². The summed E-state index contributed by atoms with van der Waals surface area (Å²) in [5.41, 5.74) is -0.151. The van der Waals surface area contributed by atoms with Crippen LogP contribution in [0.3, 0.4) is 0 Å². The fourth-order valence-electron chi connectivity index (χ4n) is 3.18. The van der Waals surface area contributed by atoms with Crippen molar-refractivity contribution in [3.05, 3.63) is 63.9 Å². The Hall–Kier alpha value is -4.54. The number of aromatic nitrogens is 1. The van der Waals surface area contributed by atoms with Gasteiger partial charge in [-0.2, -0.15) is 0 Å². The van der Waals surface area contributed by atoms with Gasteiger partial charge in [-0.15, -0.1) is 0 Å². The quantitative estimate of drug-likeness (QED) is 0.240. The number of benzene rings is 2. The number of aliphatic carboxylic acids is 1. The third-order valence-corrected chi connectivity index (χ3v) is 4.84. The van der Waals surface area contributed by atoms with E-state index >= 15 is 0 Å². The first-order valence-electron chi connectivity index (χ1n) is 9.82. The van der Waals surface area contributed by atoms with E-state index in [1.54, 1.807) is 6.07 Å². The first-order valence-corrected chi connectivity index (χ1v) is 9.82. The molecule has 7 N–H and O–H groups in total. The summed E-state index contributed by atoms with van der Waals surface area (Å²) in [6.07, 6.45) is -0.439. The summed E-state index contributed by atoms with van der Waals surface area (Å²) in [6.45, 7) is 0.0652. The number of aromatic hydroxyl groups is 3. The third kappa shape index (κ3) is 5.58. The molecule has 0 spiro atoms. The second kappa shape index (κ2) is 9.73. The van der Waals surface area contributed by atoms with Crippen LogP contribution in [0, 0.1) is 0 Å². The number of phenolic OH excluding ortho intramolecular Hbond substituents is 3. The lowest BCUT2D eigenvalue weighted by atomic mass is 10.1. The van der Waals surface area contributed by atoms with Crippen molar-refractivity contribution in [1.29, 1.82) is 0 Å². The van der Waals surface area contributed by atoms with Gasteiger partial charge in [-0.05, 0) is 36.2 Å². The molecule has 11 nitrogen and oxygen atoms in total. The molecule has 0 saturated heterocycles. The summed E-state index contributed by atoms with van der Waals surface area (Å²) < 4.78 is 0. The van der Waals surface area contributed by atoms with Crippen molar-refractivity contribution in [3.63, 3.8) is 0 Å². The molecule has 1 heterocycles. The van der Waals surface area contributed by atoms with Crippen LogP contribution in [0.2, 0.25) is 0 Å². The van der Waals surface area contributed by atoms with E-state index in [4.69, 9.17) is 5.11 Å². The lowest BCUT2D eigenvalue weighted by Gasteiger charge is -2.17. The zero-order chi connectivity index (χ0) is 24.1. The molecule has 0 aliphatic heterocycles. The van der Waals surface area contributed by atoms with Gasteiger partial charge in [0.1, 0.15) is 17.5 Å². The number of para-hydroxylation sites is 1. The first-order chi connectivity index (χ1) is 15.7. The van der Waals surface area contributed by atoms with Gasteiger partial charge in [0.2, 0.25) is 5.91 Å². The third-order valence-electron chi connectivity index (χ3n) is 4.84. The molecule has 0 aliphatic rings. The van der Waals surface area contributed by atoms with Crippen LogP contribution in [0.4, 0.5) is 0 Å². The minimum atomic E-state index is -1.44. The number of nitrogens with one attached hydrogen (secondary N) is 3. The van der Waals surface area contributed by atoms with Crippen LogP contribution in [0.1, 0.15) is 22.5 Å². The van der Waals surface area contributed by atoms with Gasteiger partial charge in [0.05, 0.1) is 11.9 Å². The summed E-state index contributed by atoms with van der Waals surface area (Å²) >= 11 is 0. The lowest BCUT2D eigenvalue weighted by Crippen LogP contribution is -2.48. The topological polar surface area (TPSA) is 189 Å². The summed E-state index contributed by atoms with van der Waals surface area (Å²) in [4.78, 5) is 51.2. The minimum Gasteiger partial charge on any atom is -0.506 e. The van der Waals surface area contributed by atoms with E-state index in [0.29, 0.717) is 5.56 Å². The smallest absolute Gasteiger partial charge is 0.305 e. The van der Waals surface area contributed by atoms with Crippen LogP contribution in [-0.2, 0) is 16.0 Å². The first kappa shape index (κ1) is 23.1. The Bertz CT molecular complexity index is 1280. The molecule has 2 amide bonds. The Labute approximate surface area is 186 Å². The Balaban J connectivity index is 1.71. The largest absolute Gasteiger partial charge is 0.506 e. The fraction of sp³-hybridized carbons (Fsp3) is 0.182. The highest BCUT2D eigenvalue weighted by molar-refractivity contribution is 5.99. The Morgan fingerprint density at radius 3 is 2.42 bits per heavy atom. The molecule has 0 fully saturated rings. The van der Waals surface area contributed by atoms with Crippen LogP contribution in [0.15, 0.2) is 47.3 Å². The van der Waals surface area contributed by atoms with E-state index in [9.17, 15) is 34.5 Å². The molecule has 172 valence electrons. The number of hydrogen-bond donors (Lipinski definition) is 7. The van der Waals surface area contributed by atoms with Crippen LogP contribution < -0.4 is 16.1 Å². The zero-order valence-electron chi connectivity index (χ0n) is 17.2. The Morgan fingerprint density at radius 1 is 0.970 bits per heavy atom. The number of amides is 2. The van der Waals surface area contributed by atoms with E-state index < -0.39 is 35.7 Å². The number of carbonyl (C=O) groups excluding carboxylic acids is 2. The highest BCUT2D eigenvalue weighted by atomic mass is 16.4. The van der Waals surface area contributed by atoms with Crippen LogP contribution >= 0.6 is 0 Å². The summed E-state index contributed by atoms with van der Waals surface area (Å²) in [7, 11) is 0. The number of fused-ring (bicyclic) bond motifs is 1. The average molecular weight is 455 g/mol. The number of pyridine rings is 1. The standard InChI is InChI=1S/C22H21N3O8/c26-15-5-4-11(8-18(15)29)6-7-23-21(32)14(10-19(30)31)25-22(33)13-9-17(28)12-2-1-3-16(27)20(12)24-13/h1-5,8-9,14,26-27,29H,6-7,10H2,(H,23,32)(H,24,28)(H,25,33)(H,30,31)/t14-/m0/s1. The summed E-state index contributed by atoms with van der Waals surface area (Å²) in [5.74, 6) is -3.85. The minimum absolute atomic E-state index is 0.0338. The zero-order valence-corrected chi connectivity index (χ0v) is 17.2. The maximum atomic E-state index is 12.6. The second-order valence-electron chi connectivity index (χ2n) is 7.23. The predicted molar refractivity (Wildman–Crippen MR) is 116 cm³/mol. The van der Waals surface area contributed by atoms with Crippen LogP contribution in [-0.4, -0.2) is 55.8 Å². The van der Waals surface area contributed by atoms with Gasteiger partial charge in [-0.25, -0.2) is 0 Å². The second-order valence-corrected chi connectivity index (χ2v) is 7.23. The van der Waals surface area contributed by atoms with E-state index in [0.717, 1.165) is 6.07 Å². The number of hydrogen-bond acceptors (Lipinski definition) is 7. The number of carbonyl (C=O) groups is 3. The summed E-state index contributed by atoms with van der Waals surface area (Å²) in [5, 5.41) is 42.9. The van der Waals surface area contributed by atoms with Gasteiger partial charge in [-0.3, -0.25) is 19.2 Å². The van der Waals surface area contributed by atoms with Crippen molar-refractivity contribution >= 4 is 28.7 Å². The van der Waals surface area contributed by atoms with Crippen LogP contribution in [0.5, 0.6) is 17.2 Å². The normalized spacial score (nSPS) is 11.6. The molecule has 0 unspecified atom stereocenters. The molecule has 0 saturated carbocycles. The van der Waals surface area contributed by atoms with Gasteiger partial charge in [-0.1, -0.05) is 12.1 Å². The average Bonchev–Trinajstić information content (AvgIpc) is 2.76. The Kier molecular flexibility index (Phi) is 6.82. The molecule has 1 atom stereocenters. The molecule has 1 aromatic heterocycles. The maximum Gasteiger partial charge on any atom is 0.305 e. The van der Waals surface area contributed by atoms with Gasteiger partial charge >= 0.3 is 5.97 Å². The molecule has 3 aromatic rings. The number of H-pyrrole nitrogens is 1. The van der Waals surface area contributed by atoms with Gasteiger partial charge < -0.3 is 36.0 Å². The van der Waals surface area contributed by atoms with Crippen molar-refractivity contribution in [2.45, 2.75) is 18.9 Å². The highest BCUT2D eigenvalue weighted by Crippen LogP contribution is 2.25. The van der Waals surface area contributed by atoms with E-state index in [1.807, 2.05) is 0 Å². The number of carboxylic acid groups (broad SMARTS) is 1. The van der Waals surface area contributed by atoms with Crippen molar-refractivity contribution < 1.29 is 34.8 Å². The molecule has 3 rings (SSSR count). The van der Waals surface area contributed by atoms with Crippen molar-refractivity contribution in [2.75, 3.05) is 6.54 Å². The van der Waals surface area contributed by atoms with Gasteiger partial charge in [0, 0.05) is 18.0 Å². The highest BCUT2D eigenvalue weighted by Gasteiger charge is 2.25. The van der Waals surface area contributed by atoms with Crippen molar-refractivity contribution in [3.8, 4) is 17.2 Å². The lowest BCUT2D eigenvalue weighted by molar-refractivity contribution is -0.139. The number of aromatic amines is 1.